The van der Waals surface area contributed by atoms with Gasteiger partial charge in [0.25, 0.3) is 0 Å². The van der Waals surface area contributed by atoms with Crippen LogP contribution in [0.2, 0.25) is 0 Å². The maximum atomic E-state index is 13.2. The smallest absolute Gasteiger partial charge is 0.248 e. The Morgan fingerprint density at radius 1 is 1.11 bits per heavy atom. The van der Waals surface area contributed by atoms with Gasteiger partial charge in [-0.3, -0.25) is 4.79 Å². The molecule has 8 nitrogen and oxygen atoms in total. The molecule has 1 unspecified atom stereocenters. The van der Waals surface area contributed by atoms with Gasteiger partial charge in [-0.15, -0.1) is 0 Å². The van der Waals surface area contributed by atoms with Crippen molar-refractivity contribution in [2.24, 2.45) is 16.7 Å². The van der Waals surface area contributed by atoms with Crippen molar-refractivity contribution in [3.63, 3.8) is 0 Å². The van der Waals surface area contributed by atoms with Crippen molar-refractivity contribution in [3.8, 4) is 5.75 Å². The summed E-state index contributed by atoms with van der Waals surface area (Å²) in [6.07, 6.45) is 4.93. The first-order chi connectivity index (χ1) is 17.7. The fraction of sp³-hybridized carbons (Fsp3) is 0.759. The van der Waals surface area contributed by atoms with E-state index in [1.54, 1.807) is 38.0 Å². The maximum absolute atomic E-state index is 13.2. The van der Waals surface area contributed by atoms with Crippen LogP contribution in [-0.2, 0) is 19.6 Å². The molecule has 1 aromatic carbocycles. The first-order valence-electron chi connectivity index (χ1n) is 13.9. The van der Waals surface area contributed by atoms with Gasteiger partial charge in [-0.1, -0.05) is 20.8 Å². The Labute approximate surface area is 230 Å². The lowest BCUT2D eigenvalue weighted by atomic mass is 9.65. The second kappa shape index (κ2) is 12.2. The topological polar surface area (TPSA) is 79.4 Å². The quantitative estimate of drug-likeness (QED) is 0.366. The summed E-state index contributed by atoms with van der Waals surface area (Å²) >= 11 is 0. The van der Waals surface area contributed by atoms with Gasteiger partial charge in [0.05, 0.1) is 18.6 Å². The Morgan fingerprint density at radius 2 is 1.71 bits per heavy atom. The highest BCUT2D eigenvalue weighted by atomic mass is 32.2. The number of ether oxygens (including phenoxy) is 2. The van der Waals surface area contributed by atoms with Crippen LogP contribution in [0.3, 0.4) is 0 Å². The SMILES string of the molecule is COc1cc(C)c(S(=O)(=O)N(C)CCOCC(=O)N(C)CC2CC[C@@](C)(CN3CCCC3)C2(C)C)c(C)c1. The number of likely N-dealkylation sites (N-methyl/N-ethyl adjacent to an activating group) is 2. The predicted molar refractivity (Wildman–Crippen MR) is 151 cm³/mol. The van der Waals surface area contributed by atoms with Gasteiger partial charge in [-0.2, -0.15) is 4.31 Å². The molecule has 0 N–H and O–H groups in total. The molecule has 1 aromatic rings. The number of carbonyl (C=O) groups is 1. The molecule has 216 valence electrons. The molecule has 0 spiro atoms. The molecule has 2 atom stereocenters. The zero-order chi connectivity index (χ0) is 28.3. The summed E-state index contributed by atoms with van der Waals surface area (Å²) in [5.74, 6) is 1.00. The van der Waals surface area contributed by atoms with Gasteiger partial charge in [0.2, 0.25) is 15.9 Å². The molecule has 9 heteroatoms. The minimum atomic E-state index is -3.69. The molecule has 38 heavy (non-hydrogen) atoms. The van der Waals surface area contributed by atoms with Gasteiger partial charge in [0, 0.05) is 33.7 Å². The van der Waals surface area contributed by atoms with E-state index in [-0.39, 0.29) is 41.4 Å². The summed E-state index contributed by atoms with van der Waals surface area (Å²) in [6.45, 7) is 15.2. The molecule has 1 saturated carbocycles. The largest absolute Gasteiger partial charge is 0.497 e. The van der Waals surface area contributed by atoms with Crippen LogP contribution in [0.1, 0.15) is 57.6 Å². The summed E-state index contributed by atoms with van der Waals surface area (Å²) in [6, 6.07) is 3.44. The van der Waals surface area contributed by atoms with E-state index in [1.165, 1.54) is 43.7 Å². The zero-order valence-electron chi connectivity index (χ0n) is 24.8. The minimum absolute atomic E-state index is 0.0524. The third-order valence-electron chi connectivity index (χ3n) is 9.43. The van der Waals surface area contributed by atoms with Gasteiger partial charge in [-0.25, -0.2) is 8.42 Å². The summed E-state index contributed by atoms with van der Waals surface area (Å²) in [7, 11) is 1.26. The van der Waals surface area contributed by atoms with Gasteiger partial charge in [0.15, 0.2) is 0 Å². The molecular weight excluding hydrogens is 502 g/mol. The summed E-state index contributed by atoms with van der Waals surface area (Å²) < 4.78 is 38.5. The monoisotopic (exact) mass is 551 g/mol. The second-order valence-electron chi connectivity index (χ2n) is 12.2. The highest BCUT2D eigenvalue weighted by Crippen LogP contribution is 2.56. The minimum Gasteiger partial charge on any atom is -0.497 e. The Kier molecular flexibility index (Phi) is 9.93. The second-order valence-corrected chi connectivity index (χ2v) is 14.2. The van der Waals surface area contributed by atoms with Crippen LogP contribution in [0.4, 0.5) is 0 Å². The molecule has 1 saturated heterocycles. The number of nitrogens with zero attached hydrogens (tertiary/aromatic N) is 3. The van der Waals surface area contributed by atoms with Crippen molar-refractivity contribution in [2.45, 2.75) is 65.2 Å². The van der Waals surface area contributed by atoms with Crippen molar-refractivity contribution in [1.82, 2.24) is 14.1 Å². The van der Waals surface area contributed by atoms with Crippen LogP contribution in [0.5, 0.6) is 5.75 Å². The van der Waals surface area contributed by atoms with E-state index in [0.29, 0.717) is 22.8 Å². The molecule has 1 amide bonds. The van der Waals surface area contributed by atoms with E-state index in [9.17, 15) is 13.2 Å². The lowest BCUT2D eigenvalue weighted by Crippen LogP contribution is -2.46. The molecule has 2 fully saturated rings. The predicted octanol–water partition coefficient (Wildman–Crippen LogP) is 3.95. The van der Waals surface area contributed by atoms with Crippen LogP contribution in [-0.4, -0.2) is 95.6 Å². The molecule has 3 rings (SSSR count). The Hall–Kier alpha value is -1.68. The molecule has 1 aliphatic heterocycles. The summed E-state index contributed by atoms with van der Waals surface area (Å²) in [4.78, 5) is 17.5. The van der Waals surface area contributed by atoms with Crippen LogP contribution in [0, 0.1) is 30.6 Å². The van der Waals surface area contributed by atoms with Crippen molar-refractivity contribution in [1.29, 1.82) is 0 Å². The number of rotatable bonds is 12. The van der Waals surface area contributed by atoms with E-state index < -0.39 is 10.0 Å². The highest BCUT2D eigenvalue weighted by Gasteiger charge is 2.52. The molecule has 1 aliphatic carbocycles. The average Bonchev–Trinajstić information content (AvgIpc) is 3.42. The average molecular weight is 552 g/mol. The van der Waals surface area contributed by atoms with E-state index in [1.807, 2.05) is 7.05 Å². The third kappa shape index (κ3) is 6.54. The van der Waals surface area contributed by atoms with Gasteiger partial charge in [-0.05, 0) is 92.6 Å². The maximum Gasteiger partial charge on any atom is 0.248 e. The standard InChI is InChI=1S/C29H49N3O5S/c1-22-17-25(36-8)18-23(2)27(22)38(34,35)31(7)15-16-37-20-26(33)30(6)19-24-11-12-29(5,28(24,3)4)21-32-13-9-10-14-32/h17-18,24H,9-16,19-21H2,1-8H3/t24?,29-/m0/s1. The normalized spacial score (nSPS) is 23.8. The van der Waals surface area contributed by atoms with Gasteiger partial charge >= 0.3 is 0 Å². The Balaban J connectivity index is 1.48. The number of methoxy groups -OCH3 is 1. The number of hydrogen-bond donors (Lipinski definition) is 0. The lowest BCUT2D eigenvalue weighted by molar-refractivity contribution is -0.136. The third-order valence-corrected chi connectivity index (χ3v) is 11.6. The number of benzene rings is 1. The highest BCUT2D eigenvalue weighted by molar-refractivity contribution is 7.89. The molecule has 0 bridgehead atoms. The number of likely N-dealkylation sites (tertiary alicyclic amines) is 1. The Bertz CT molecular complexity index is 1060. The van der Waals surface area contributed by atoms with Crippen LogP contribution >= 0.6 is 0 Å². The number of hydrogen-bond acceptors (Lipinski definition) is 6. The number of carbonyl (C=O) groups excluding carboxylic acids is 1. The fourth-order valence-corrected chi connectivity index (χ4v) is 7.87. The van der Waals surface area contributed by atoms with Crippen LogP contribution < -0.4 is 4.74 Å². The fourth-order valence-electron chi connectivity index (χ4n) is 6.31. The van der Waals surface area contributed by atoms with Gasteiger partial charge < -0.3 is 19.3 Å². The number of sulfonamides is 1. The molecule has 0 radical (unpaired) electrons. The van der Waals surface area contributed by atoms with Crippen molar-refractivity contribution in [2.75, 3.05) is 67.1 Å². The van der Waals surface area contributed by atoms with Crippen LogP contribution in [0.25, 0.3) is 0 Å². The molecule has 2 aliphatic rings. The van der Waals surface area contributed by atoms with Crippen molar-refractivity contribution in [3.05, 3.63) is 23.3 Å². The van der Waals surface area contributed by atoms with Crippen molar-refractivity contribution < 1.29 is 22.7 Å². The van der Waals surface area contributed by atoms with Gasteiger partial charge in [0.1, 0.15) is 12.4 Å². The molecular formula is C29H49N3O5S. The van der Waals surface area contributed by atoms with E-state index in [0.717, 1.165) is 19.5 Å². The first kappa shape index (κ1) is 30.9. The summed E-state index contributed by atoms with van der Waals surface area (Å²) in [5, 5.41) is 0. The van der Waals surface area contributed by atoms with Crippen molar-refractivity contribution >= 4 is 15.9 Å². The van der Waals surface area contributed by atoms with Crippen LogP contribution in [0.15, 0.2) is 17.0 Å². The van der Waals surface area contributed by atoms with E-state index >= 15 is 0 Å². The number of amides is 1. The molecule has 0 aromatic heterocycles. The number of aryl methyl sites for hydroxylation is 2. The zero-order valence-corrected chi connectivity index (χ0v) is 25.6. The van der Waals surface area contributed by atoms with E-state index in [2.05, 4.69) is 25.7 Å². The Morgan fingerprint density at radius 3 is 2.29 bits per heavy atom. The van der Waals surface area contributed by atoms with E-state index in [4.69, 9.17) is 9.47 Å². The molecule has 1 heterocycles. The first-order valence-corrected chi connectivity index (χ1v) is 15.3. The summed E-state index contributed by atoms with van der Waals surface area (Å²) in [5.41, 5.74) is 1.66. The lowest BCUT2D eigenvalue weighted by Gasteiger charge is -2.44.